The van der Waals surface area contributed by atoms with Crippen molar-refractivity contribution < 1.29 is 28.9 Å². The molecule has 2 N–H and O–H groups in total. The van der Waals surface area contributed by atoms with Gasteiger partial charge in [-0.15, -0.1) is 0 Å². The number of hydrogen-bond acceptors (Lipinski definition) is 7. The van der Waals surface area contributed by atoms with Gasteiger partial charge in [-0.05, 0) is 30.5 Å². The van der Waals surface area contributed by atoms with Gasteiger partial charge in [0, 0.05) is 30.5 Å². The number of carbonyl (C=O) groups excluding carboxylic acids is 1. The Hall–Kier alpha value is -2.19. The second-order valence-electron chi connectivity index (χ2n) is 5.92. The number of aliphatic carboxylic acids is 1. The van der Waals surface area contributed by atoms with E-state index in [1.54, 1.807) is 23.9 Å². The Bertz CT molecular complexity index is 603. The predicted molar refractivity (Wildman–Crippen MR) is 106 cm³/mol. The zero-order valence-electron chi connectivity index (χ0n) is 15.8. The third-order valence-electron chi connectivity index (χ3n) is 3.21. The number of ether oxygens (including phenoxy) is 3. The van der Waals surface area contributed by atoms with Crippen molar-refractivity contribution in [3.63, 3.8) is 0 Å². The van der Waals surface area contributed by atoms with E-state index in [2.05, 4.69) is 5.32 Å². The van der Waals surface area contributed by atoms with Crippen LogP contribution >= 0.6 is 11.8 Å². The molecule has 0 aromatic heterocycles. The van der Waals surface area contributed by atoms with Gasteiger partial charge < -0.3 is 24.6 Å². The molecule has 0 aliphatic carbocycles. The van der Waals surface area contributed by atoms with Crippen LogP contribution in [-0.2, 0) is 14.3 Å². The SMILES string of the molecule is CSCCOc1ccc(OCC(CNC(C)C)OC(=O)/C=C/C(=O)O)cc1. The molecule has 0 spiro atoms. The summed E-state index contributed by atoms with van der Waals surface area (Å²) in [6.45, 7) is 5.11. The summed E-state index contributed by atoms with van der Waals surface area (Å²) in [5.74, 6) is 0.373. The van der Waals surface area contributed by atoms with Gasteiger partial charge in [0.25, 0.3) is 0 Å². The minimum absolute atomic E-state index is 0.138. The number of nitrogens with one attached hydrogen (secondary N) is 1. The second kappa shape index (κ2) is 13.1. The Morgan fingerprint density at radius 3 is 2.33 bits per heavy atom. The lowest BCUT2D eigenvalue weighted by Gasteiger charge is -2.20. The molecule has 1 unspecified atom stereocenters. The van der Waals surface area contributed by atoms with Gasteiger partial charge in [0.05, 0.1) is 6.61 Å². The highest BCUT2D eigenvalue weighted by molar-refractivity contribution is 7.98. The van der Waals surface area contributed by atoms with E-state index in [9.17, 15) is 9.59 Å². The van der Waals surface area contributed by atoms with Crippen LogP contribution in [0.1, 0.15) is 13.8 Å². The van der Waals surface area contributed by atoms with E-state index in [1.165, 1.54) is 0 Å². The van der Waals surface area contributed by atoms with Gasteiger partial charge in [0.2, 0.25) is 0 Å². The van der Waals surface area contributed by atoms with Crippen molar-refractivity contribution in [1.82, 2.24) is 5.32 Å². The van der Waals surface area contributed by atoms with Crippen LogP contribution in [0.3, 0.4) is 0 Å². The maximum absolute atomic E-state index is 11.7. The first-order valence-electron chi connectivity index (χ1n) is 8.60. The summed E-state index contributed by atoms with van der Waals surface area (Å²) in [5.41, 5.74) is 0. The van der Waals surface area contributed by atoms with Gasteiger partial charge in [-0.3, -0.25) is 0 Å². The molecule has 150 valence electrons. The van der Waals surface area contributed by atoms with Crippen LogP contribution in [0.5, 0.6) is 11.5 Å². The molecule has 1 aromatic rings. The van der Waals surface area contributed by atoms with Gasteiger partial charge in [-0.1, -0.05) is 13.8 Å². The van der Waals surface area contributed by atoms with E-state index in [-0.39, 0.29) is 12.6 Å². The smallest absolute Gasteiger partial charge is 0.331 e. The first kappa shape index (κ1) is 22.9. The fourth-order valence-corrected chi connectivity index (χ4v) is 2.16. The number of esters is 1. The van der Waals surface area contributed by atoms with Crippen LogP contribution in [0.2, 0.25) is 0 Å². The summed E-state index contributed by atoms with van der Waals surface area (Å²) in [4.78, 5) is 22.2. The molecule has 0 fully saturated rings. The molecule has 7 nitrogen and oxygen atoms in total. The van der Waals surface area contributed by atoms with Gasteiger partial charge >= 0.3 is 11.9 Å². The quantitative estimate of drug-likeness (QED) is 0.298. The molecule has 8 heteroatoms. The highest BCUT2D eigenvalue weighted by atomic mass is 32.2. The molecule has 0 radical (unpaired) electrons. The Balaban J connectivity index is 2.56. The summed E-state index contributed by atoms with van der Waals surface area (Å²) in [5, 5.41) is 11.7. The Kier molecular flexibility index (Phi) is 11.0. The molecule has 0 heterocycles. The summed E-state index contributed by atoms with van der Waals surface area (Å²) in [7, 11) is 0. The molecule has 1 atom stereocenters. The Labute approximate surface area is 164 Å². The first-order chi connectivity index (χ1) is 12.9. The number of carbonyl (C=O) groups is 2. The van der Waals surface area contributed by atoms with Gasteiger partial charge in [-0.25, -0.2) is 9.59 Å². The summed E-state index contributed by atoms with van der Waals surface area (Å²) < 4.78 is 16.5. The van der Waals surface area contributed by atoms with Crippen molar-refractivity contribution in [2.24, 2.45) is 0 Å². The second-order valence-corrected chi connectivity index (χ2v) is 6.90. The number of thioether (sulfide) groups is 1. The minimum atomic E-state index is -1.21. The monoisotopic (exact) mass is 397 g/mol. The summed E-state index contributed by atoms with van der Waals surface area (Å²) >= 11 is 1.72. The molecule has 0 bridgehead atoms. The van der Waals surface area contributed by atoms with Crippen LogP contribution in [0.15, 0.2) is 36.4 Å². The number of benzene rings is 1. The lowest BCUT2D eigenvalue weighted by atomic mass is 10.3. The number of rotatable bonds is 13. The first-order valence-corrected chi connectivity index (χ1v) is 9.99. The molecule has 0 saturated carbocycles. The molecule has 1 rings (SSSR count). The average molecular weight is 397 g/mol. The standard InChI is InChI=1S/C19H27NO6S/c1-14(2)20-12-17(26-19(23)9-8-18(21)22)13-25-16-6-4-15(5-7-16)24-10-11-27-3/h4-9,14,17,20H,10-13H2,1-3H3,(H,21,22)/b9-8+. The molecule has 0 saturated heterocycles. The maximum atomic E-state index is 11.7. The number of carboxylic acids is 1. The van der Waals surface area contributed by atoms with E-state index in [1.807, 2.05) is 32.2 Å². The van der Waals surface area contributed by atoms with Crippen LogP contribution < -0.4 is 14.8 Å². The average Bonchev–Trinajstić information content (AvgIpc) is 2.63. The van der Waals surface area contributed by atoms with Crippen LogP contribution in [0.25, 0.3) is 0 Å². The molecule has 27 heavy (non-hydrogen) atoms. The van der Waals surface area contributed by atoms with Gasteiger partial charge in [0.1, 0.15) is 24.2 Å². The van der Waals surface area contributed by atoms with Crippen molar-refractivity contribution in [2.75, 3.05) is 31.8 Å². The molecular formula is C19H27NO6S. The number of hydrogen-bond donors (Lipinski definition) is 2. The van der Waals surface area contributed by atoms with E-state index in [0.29, 0.717) is 18.9 Å². The van der Waals surface area contributed by atoms with Crippen molar-refractivity contribution in [2.45, 2.75) is 26.0 Å². The van der Waals surface area contributed by atoms with E-state index in [0.717, 1.165) is 23.7 Å². The zero-order chi connectivity index (χ0) is 20.1. The molecule has 0 amide bonds. The van der Waals surface area contributed by atoms with Crippen molar-refractivity contribution >= 4 is 23.7 Å². The van der Waals surface area contributed by atoms with Crippen molar-refractivity contribution in [3.05, 3.63) is 36.4 Å². The molecule has 1 aromatic carbocycles. The molecular weight excluding hydrogens is 370 g/mol. The van der Waals surface area contributed by atoms with Crippen LogP contribution in [0, 0.1) is 0 Å². The fourth-order valence-electron chi connectivity index (χ4n) is 1.91. The van der Waals surface area contributed by atoms with Crippen molar-refractivity contribution in [3.8, 4) is 11.5 Å². The Morgan fingerprint density at radius 2 is 1.78 bits per heavy atom. The third kappa shape index (κ3) is 11.2. The lowest BCUT2D eigenvalue weighted by Crippen LogP contribution is -2.38. The van der Waals surface area contributed by atoms with Crippen LogP contribution in [-0.4, -0.2) is 61.0 Å². The van der Waals surface area contributed by atoms with E-state index >= 15 is 0 Å². The normalized spacial score (nSPS) is 12.1. The van der Waals surface area contributed by atoms with Gasteiger partial charge in [-0.2, -0.15) is 11.8 Å². The summed E-state index contributed by atoms with van der Waals surface area (Å²) in [6, 6.07) is 7.41. The summed E-state index contributed by atoms with van der Waals surface area (Å²) in [6.07, 6.45) is 3.09. The Morgan fingerprint density at radius 1 is 1.15 bits per heavy atom. The highest BCUT2D eigenvalue weighted by Crippen LogP contribution is 2.18. The third-order valence-corrected chi connectivity index (χ3v) is 3.79. The number of carboxylic acid groups (broad SMARTS) is 1. The maximum Gasteiger partial charge on any atom is 0.331 e. The van der Waals surface area contributed by atoms with Gasteiger partial charge in [0.15, 0.2) is 0 Å². The highest BCUT2D eigenvalue weighted by Gasteiger charge is 2.15. The predicted octanol–water partition coefficient (Wildman–Crippen LogP) is 2.36. The van der Waals surface area contributed by atoms with Crippen LogP contribution in [0.4, 0.5) is 0 Å². The van der Waals surface area contributed by atoms with Crippen molar-refractivity contribution in [1.29, 1.82) is 0 Å². The fraction of sp³-hybridized carbons (Fsp3) is 0.474. The topological polar surface area (TPSA) is 94.1 Å². The minimum Gasteiger partial charge on any atom is -0.493 e. The van der Waals surface area contributed by atoms with E-state index < -0.39 is 18.0 Å². The van der Waals surface area contributed by atoms with E-state index in [4.69, 9.17) is 19.3 Å². The largest absolute Gasteiger partial charge is 0.493 e. The molecule has 0 aliphatic heterocycles. The zero-order valence-corrected chi connectivity index (χ0v) is 16.7. The lowest BCUT2D eigenvalue weighted by molar-refractivity contribution is -0.144. The molecule has 0 aliphatic rings.